The van der Waals surface area contributed by atoms with Crippen LogP contribution in [0.2, 0.25) is 0 Å². The molecule has 0 spiro atoms. The molecule has 1 aliphatic carbocycles. The van der Waals surface area contributed by atoms with Crippen molar-refractivity contribution in [2.24, 2.45) is 28.7 Å². The fourth-order valence-corrected chi connectivity index (χ4v) is 2.89. The summed E-state index contributed by atoms with van der Waals surface area (Å²) in [6.07, 6.45) is 1.63. The van der Waals surface area contributed by atoms with E-state index in [-0.39, 0.29) is 12.5 Å². The predicted octanol–water partition coefficient (Wildman–Crippen LogP) is 0.331. The number of amides is 2. The third-order valence-electron chi connectivity index (χ3n) is 3.54. The number of nitrogens with zero attached hydrogens (tertiary/aromatic N) is 1. The van der Waals surface area contributed by atoms with E-state index >= 15 is 0 Å². The first kappa shape index (κ1) is 15.0. The Bertz CT molecular complexity index is 322. The van der Waals surface area contributed by atoms with Crippen LogP contribution in [0.1, 0.15) is 33.6 Å². The molecule has 18 heavy (non-hydrogen) atoms. The molecule has 0 aliphatic heterocycles. The quantitative estimate of drug-likeness (QED) is 0.716. The normalized spacial score (nSPS) is 26.8. The fraction of sp³-hybridized carbons (Fsp3) is 0.846. The lowest BCUT2D eigenvalue weighted by molar-refractivity contribution is -0.152. The average molecular weight is 255 g/mol. The van der Waals surface area contributed by atoms with Crippen molar-refractivity contribution in [3.8, 4) is 0 Å². The van der Waals surface area contributed by atoms with Gasteiger partial charge in [-0.05, 0) is 24.7 Å². The molecule has 0 radical (unpaired) electrons. The Kier molecular flexibility index (Phi) is 4.73. The summed E-state index contributed by atoms with van der Waals surface area (Å²) in [6, 6.07) is 0. The number of nitrogens with two attached hydrogens (primary N) is 2. The summed E-state index contributed by atoms with van der Waals surface area (Å²) in [7, 11) is 0. The predicted molar refractivity (Wildman–Crippen MR) is 70.5 cm³/mol. The molecule has 0 aromatic heterocycles. The van der Waals surface area contributed by atoms with Crippen LogP contribution in [0, 0.1) is 17.3 Å². The number of hydrogen-bond acceptors (Lipinski definition) is 3. The topological polar surface area (TPSA) is 89.4 Å². The zero-order chi connectivity index (χ0) is 13.9. The molecular weight excluding hydrogens is 230 g/mol. The van der Waals surface area contributed by atoms with Crippen LogP contribution in [0.15, 0.2) is 0 Å². The van der Waals surface area contributed by atoms with Crippen LogP contribution in [0.4, 0.5) is 0 Å². The van der Waals surface area contributed by atoms with E-state index in [2.05, 4.69) is 6.92 Å². The zero-order valence-electron chi connectivity index (χ0n) is 11.6. The van der Waals surface area contributed by atoms with E-state index in [1.54, 1.807) is 4.90 Å². The van der Waals surface area contributed by atoms with Gasteiger partial charge in [-0.25, -0.2) is 0 Å². The first-order chi connectivity index (χ1) is 8.30. The molecule has 0 aromatic carbocycles. The molecule has 4 N–H and O–H groups in total. The molecule has 0 heterocycles. The minimum absolute atomic E-state index is 0.00407. The van der Waals surface area contributed by atoms with Crippen LogP contribution >= 0.6 is 0 Å². The third kappa shape index (κ3) is 3.22. The highest BCUT2D eigenvalue weighted by Crippen LogP contribution is 2.46. The maximum atomic E-state index is 12.5. The lowest BCUT2D eigenvalue weighted by Crippen LogP contribution is -2.56. The van der Waals surface area contributed by atoms with Crippen LogP contribution in [0.3, 0.4) is 0 Å². The first-order valence-corrected chi connectivity index (χ1v) is 6.58. The van der Waals surface area contributed by atoms with Gasteiger partial charge >= 0.3 is 0 Å². The smallest absolute Gasteiger partial charge is 0.237 e. The highest BCUT2D eigenvalue weighted by Gasteiger charge is 2.49. The van der Waals surface area contributed by atoms with Crippen molar-refractivity contribution in [1.29, 1.82) is 0 Å². The molecule has 5 heteroatoms. The van der Waals surface area contributed by atoms with Crippen LogP contribution < -0.4 is 11.5 Å². The second-order valence-corrected chi connectivity index (χ2v) is 6.04. The summed E-state index contributed by atoms with van der Waals surface area (Å²) in [6.45, 7) is 7.04. The molecular formula is C13H25N3O2. The largest absolute Gasteiger partial charge is 0.368 e. The first-order valence-electron chi connectivity index (χ1n) is 6.58. The standard InChI is InChI=1S/C13H25N3O2/c1-9(2)6-16(7-11(15)17)12(18)13(8-14)4-10(3)5-13/h9-10H,4-8,14H2,1-3H3,(H2,15,17). The van der Waals surface area contributed by atoms with Gasteiger partial charge < -0.3 is 16.4 Å². The Morgan fingerprint density at radius 2 is 1.94 bits per heavy atom. The SMILES string of the molecule is CC(C)CN(CC(N)=O)C(=O)C1(CN)CC(C)C1. The number of carbonyl (C=O) groups is 2. The van der Waals surface area contributed by atoms with Crippen molar-refractivity contribution in [3.63, 3.8) is 0 Å². The lowest BCUT2D eigenvalue weighted by atomic mass is 9.61. The van der Waals surface area contributed by atoms with Gasteiger partial charge in [0.15, 0.2) is 0 Å². The van der Waals surface area contributed by atoms with Gasteiger partial charge in [0.1, 0.15) is 0 Å². The Hall–Kier alpha value is -1.10. The van der Waals surface area contributed by atoms with Crippen LogP contribution in [0.25, 0.3) is 0 Å². The summed E-state index contributed by atoms with van der Waals surface area (Å²) >= 11 is 0. The number of primary amides is 1. The summed E-state index contributed by atoms with van der Waals surface area (Å²) < 4.78 is 0. The summed E-state index contributed by atoms with van der Waals surface area (Å²) in [5.41, 5.74) is 10.5. The zero-order valence-corrected chi connectivity index (χ0v) is 11.6. The lowest BCUT2D eigenvalue weighted by Gasteiger charge is -2.46. The minimum atomic E-state index is -0.469. The van der Waals surface area contributed by atoms with Gasteiger partial charge in [0.2, 0.25) is 11.8 Å². The summed E-state index contributed by atoms with van der Waals surface area (Å²) in [5, 5.41) is 0. The molecule has 0 aromatic rings. The second-order valence-electron chi connectivity index (χ2n) is 6.04. The summed E-state index contributed by atoms with van der Waals surface area (Å²) in [5.74, 6) is 0.367. The van der Waals surface area contributed by atoms with E-state index in [4.69, 9.17) is 11.5 Å². The third-order valence-corrected chi connectivity index (χ3v) is 3.54. The molecule has 5 nitrogen and oxygen atoms in total. The minimum Gasteiger partial charge on any atom is -0.368 e. The maximum absolute atomic E-state index is 12.5. The molecule has 0 bridgehead atoms. The number of rotatable bonds is 6. The van der Waals surface area contributed by atoms with Gasteiger partial charge in [-0.15, -0.1) is 0 Å². The second kappa shape index (κ2) is 5.69. The van der Waals surface area contributed by atoms with Gasteiger partial charge in [0.25, 0.3) is 0 Å². The monoisotopic (exact) mass is 255 g/mol. The van der Waals surface area contributed by atoms with Gasteiger partial charge in [-0.2, -0.15) is 0 Å². The highest BCUT2D eigenvalue weighted by molar-refractivity contribution is 5.88. The van der Waals surface area contributed by atoms with Gasteiger partial charge in [0.05, 0.1) is 12.0 Å². The van der Waals surface area contributed by atoms with Crippen molar-refractivity contribution < 1.29 is 9.59 Å². The van der Waals surface area contributed by atoms with Gasteiger partial charge in [0, 0.05) is 13.1 Å². The molecule has 0 unspecified atom stereocenters. The Balaban J connectivity index is 2.77. The van der Waals surface area contributed by atoms with Crippen LogP contribution in [0.5, 0.6) is 0 Å². The Labute approximate surface area is 109 Å². The Morgan fingerprint density at radius 3 is 2.28 bits per heavy atom. The molecule has 0 atom stereocenters. The Morgan fingerprint density at radius 1 is 1.39 bits per heavy atom. The molecule has 1 saturated carbocycles. The maximum Gasteiger partial charge on any atom is 0.237 e. The molecule has 0 saturated heterocycles. The number of hydrogen-bond donors (Lipinski definition) is 2. The molecule has 1 rings (SSSR count). The van der Waals surface area contributed by atoms with E-state index in [0.29, 0.717) is 24.9 Å². The van der Waals surface area contributed by atoms with E-state index in [9.17, 15) is 9.59 Å². The molecule has 104 valence electrons. The van der Waals surface area contributed by atoms with Crippen molar-refractivity contribution in [2.45, 2.75) is 33.6 Å². The van der Waals surface area contributed by atoms with E-state index in [0.717, 1.165) is 12.8 Å². The van der Waals surface area contributed by atoms with Crippen LogP contribution in [-0.4, -0.2) is 36.3 Å². The van der Waals surface area contributed by atoms with Gasteiger partial charge in [-0.1, -0.05) is 20.8 Å². The average Bonchev–Trinajstić information content (AvgIpc) is 2.21. The summed E-state index contributed by atoms with van der Waals surface area (Å²) in [4.78, 5) is 25.2. The van der Waals surface area contributed by atoms with Crippen molar-refractivity contribution in [2.75, 3.05) is 19.6 Å². The van der Waals surface area contributed by atoms with Crippen molar-refractivity contribution in [3.05, 3.63) is 0 Å². The van der Waals surface area contributed by atoms with Crippen molar-refractivity contribution >= 4 is 11.8 Å². The van der Waals surface area contributed by atoms with Crippen LogP contribution in [-0.2, 0) is 9.59 Å². The highest BCUT2D eigenvalue weighted by atomic mass is 16.2. The van der Waals surface area contributed by atoms with Gasteiger partial charge in [-0.3, -0.25) is 9.59 Å². The van der Waals surface area contributed by atoms with E-state index in [1.165, 1.54) is 0 Å². The van der Waals surface area contributed by atoms with E-state index in [1.807, 2.05) is 13.8 Å². The molecule has 2 amide bonds. The van der Waals surface area contributed by atoms with Crippen molar-refractivity contribution in [1.82, 2.24) is 4.90 Å². The van der Waals surface area contributed by atoms with E-state index < -0.39 is 11.3 Å². The molecule has 1 aliphatic rings. The fourth-order valence-electron chi connectivity index (χ4n) is 2.89. The molecule has 1 fully saturated rings. The number of carbonyl (C=O) groups excluding carboxylic acids is 2.